The van der Waals surface area contributed by atoms with Crippen LogP contribution < -0.4 is 10.6 Å². The second kappa shape index (κ2) is 7.97. The molecular formula is C20H34N6. The smallest absolute Gasteiger partial charge is 0.192 e. The van der Waals surface area contributed by atoms with Crippen LogP contribution in [-0.2, 0) is 13.6 Å². The topological polar surface area (TPSA) is 67.1 Å². The lowest BCUT2D eigenvalue weighted by atomic mass is 9.79. The lowest BCUT2D eigenvalue weighted by Crippen LogP contribution is -2.48. The van der Waals surface area contributed by atoms with Crippen molar-refractivity contribution >= 4 is 5.96 Å². The van der Waals surface area contributed by atoms with Gasteiger partial charge in [-0.05, 0) is 50.9 Å². The molecule has 0 bridgehead atoms. The average molecular weight is 359 g/mol. The molecule has 26 heavy (non-hydrogen) atoms. The van der Waals surface area contributed by atoms with E-state index in [9.17, 15) is 0 Å². The highest BCUT2D eigenvalue weighted by molar-refractivity contribution is 5.80. The molecule has 2 N–H and O–H groups in total. The van der Waals surface area contributed by atoms with E-state index in [1.807, 2.05) is 18.5 Å². The van der Waals surface area contributed by atoms with Gasteiger partial charge in [0.2, 0.25) is 0 Å². The van der Waals surface area contributed by atoms with Crippen molar-refractivity contribution in [2.75, 3.05) is 0 Å². The fourth-order valence-electron chi connectivity index (χ4n) is 5.16. The van der Waals surface area contributed by atoms with E-state index in [-0.39, 0.29) is 0 Å². The van der Waals surface area contributed by atoms with Crippen LogP contribution in [0.3, 0.4) is 0 Å². The van der Waals surface area contributed by atoms with E-state index in [1.54, 1.807) is 0 Å². The minimum atomic E-state index is 0.572. The van der Waals surface area contributed by atoms with Crippen LogP contribution in [0.15, 0.2) is 4.99 Å². The SMILES string of the molecule is Cc1nnc(CN=C(NC2CCCC2)NC2CCC3CCCC3C2)n1C. The molecule has 3 aliphatic rings. The zero-order valence-electron chi connectivity index (χ0n) is 16.4. The van der Waals surface area contributed by atoms with E-state index in [0.717, 1.165) is 29.4 Å². The first-order valence-electron chi connectivity index (χ1n) is 10.6. The number of fused-ring (bicyclic) bond motifs is 1. The molecule has 6 nitrogen and oxygen atoms in total. The summed E-state index contributed by atoms with van der Waals surface area (Å²) in [5, 5.41) is 15.9. The molecule has 3 fully saturated rings. The molecule has 0 aromatic carbocycles. The Morgan fingerprint density at radius 3 is 2.50 bits per heavy atom. The first-order chi connectivity index (χ1) is 12.7. The van der Waals surface area contributed by atoms with E-state index in [0.29, 0.717) is 18.6 Å². The molecule has 0 amide bonds. The molecule has 0 radical (unpaired) electrons. The van der Waals surface area contributed by atoms with E-state index in [1.165, 1.54) is 64.2 Å². The Bertz CT molecular complexity index is 630. The molecular weight excluding hydrogens is 324 g/mol. The monoisotopic (exact) mass is 358 g/mol. The van der Waals surface area contributed by atoms with E-state index in [4.69, 9.17) is 4.99 Å². The molecule has 144 valence electrons. The van der Waals surface area contributed by atoms with Crippen molar-refractivity contribution in [3.05, 3.63) is 11.6 Å². The Morgan fingerprint density at radius 1 is 0.962 bits per heavy atom. The predicted molar refractivity (Wildman–Crippen MR) is 104 cm³/mol. The normalized spacial score (nSPS) is 29.8. The van der Waals surface area contributed by atoms with Crippen LogP contribution in [0.25, 0.3) is 0 Å². The minimum absolute atomic E-state index is 0.572. The zero-order chi connectivity index (χ0) is 17.9. The summed E-state index contributed by atoms with van der Waals surface area (Å²) in [5.41, 5.74) is 0. The predicted octanol–water partition coefficient (Wildman–Crippen LogP) is 3.07. The molecule has 0 saturated heterocycles. The quantitative estimate of drug-likeness (QED) is 0.641. The van der Waals surface area contributed by atoms with Gasteiger partial charge in [-0.1, -0.05) is 32.1 Å². The Morgan fingerprint density at radius 2 is 1.73 bits per heavy atom. The Balaban J connectivity index is 1.41. The summed E-state index contributed by atoms with van der Waals surface area (Å²) >= 11 is 0. The highest BCUT2D eigenvalue weighted by Crippen LogP contribution is 2.42. The molecule has 6 heteroatoms. The first-order valence-corrected chi connectivity index (χ1v) is 10.6. The van der Waals surface area contributed by atoms with Gasteiger partial charge in [0, 0.05) is 19.1 Å². The summed E-state index contributed by atoms with van der Waals surface area (Å²) in [6, 6.07) is 1.15. The number of aryl methyl sites for hydroxylation is 1. The summed E-state index contributed by atoms with van der Waals surface area (Å²) in [4.78, 5) is 4.88. The van der Waals surface area contributed by atoms with Crippen molar-refractivity contribution < 1.29 is 0 Å². The lowest BCUT2D eigenvalue weighted by Gasteiger charge is -2.33. The van der Waals surface area contributed by atoms with E-state index < -0.39 is 0 Å². The van der Waals surface area contributed by atoms with Crippen LogP contribution >= 0.6 is 0 Å². The molecule has 3 atom stereocenters. The number of hydrogen-bond acceptors (Lipinski definition) is 3. The standard InChI is InChI=1S/C20H34N6/c1-14-24-25-19(26(14)2)13-21-20(22-17-8-3-4-9-17)23-18-11-10-15-6-5-7-16(15)12-18/h15-18H,3-13H2,1-2H3,(H2,21,22,23). The summed E-state index contributed by atoms with van der Waals surface area (Å²) in [5.74, 6) is 4.79. The van der Waals surface area contributed by atoms with Crippen LogP contribution in [0.5, 0.6) is 0 Å². The van der Waals surface area contributed by atoms with Crippen molar-refractivity contribution in [2.45, 2.75) is 89.8 Å². The number of hydrogen-bond donors (Lipinski definition) is 2. The number of nitrogens with one attached hydrogen (secondary N) is 2. The van der Waals surface area contributed by atoms with Crippen molar-refractivity contribution in [2.24, 2.45) is 23.9 Å². The highest BCUT2D eigenvalue weighted by atomic mass is 15.3. The van der Waals surface area contributed by atoms with Gasteiger partial charge in [0.05, 0.1) is 0 Å². The van der Waals surface area contributed by atoms with Crippen molar-refractivity contribution in [3.63, 3.8) is 0 Å². The molecule has 3 unspecified atom stereocenters. The molecule has 3 aliphatic carbocycles. The second-order valence-electron chi connectivity index (χ2n) is 8.62. The maximum absolute atomic E-state index is 4.88. The lowest BCUT2D eigenvalue weighted by molar-refractivity contribution is 0.239. The minimum Gasteiger partial charge on any atom is -0.354 e. The van der Waals surface area contributed by atoms with Gasteiger partial charge in [-0.3, -0.25) is 0 Å². The van der Waals surface area contributed by atoms with Crippen molar-refractivity contribution in [3.8, 4) is 0 Å². The second-order valence-corrected chi connectivity index (χ2v) is 8.62. The van der Waals surface area contributed by atoms with Crippen LogP contribution in [0.4, 0.5) is 0 Å². The summed E-state index contributed by atoms with van der Waals surface area (Å²) in [6.45, 7) is 2.56. The van der Waals surface area contributed by atoms with E-state index in [2.05, 4.69) is 20.8 Å². The maximum atomic E-state index is 4.88. The van der Waals surface area contributed by atoms with Gasteiger partial charge in [-0.25, -0.2) is 4.99 Å². The Hall–Kier alpha value is -1.59. The van der Waals surface area contributed by atoms with Crippen LogP contribution in [0.2, 0.25) is 0 Å². The maximum Gasteiger partial charge on any atom is 0.192 e. The molecule has 1 heterocycles. The van der Waals surface area contributed by atoms with Crippen LogP contribution in [-0.4, -0.2) is 32.8 Å². The Kier molecular flexibility index (Phi) is 5.46. The summed E-state index contributed by atoms with van der Waals surface area (Å²) < 4.78 is 2.03. The number of aliphatic imine (C=N–C) groups is 1. The van der Waals surface area contributed by atoms with Crippen LogP contribution in [0, 0.1) is 18.8 Å². The molecule has 3 saturated carbocycles. The van der Waals surface area contributed by atoms with Gasteiger partial charge < -0.3 is 15.2 Å². The molecule has 4 rings (SSSR count). The van der Waals surface area contributed by atoms with Gasteiger partial charge in [-0.15, -0.1) is 10.2 Å². The van der Waals surface area contributed by atoms with Crippen molar-refractivity contribution in [1.29, 1.82) is 0 Å². The average Bonchev–Trinajstić information content (AvgIpc) is 3.37. The third-order valence-corrected chi connectivity index (χ3v) is 6.89. The molecule has 1 aromatic heterocycles. The van der Waals surface area contributed by atoms with Crippen LogP contribution in [0.1, 0.15) is 75.9 Å². The molecule has 0 aliphatic heterocycles. The Labute approximate surface area is 157 Å². The summed E-state index contributed by atoms with van der Waals surface area (Å²) in [7, 11) is 2.01. The fraction of sp³-hybridized carbons (Fsp3) is 0.850. The largest absolute Gasteiger partial charge is 0.354 e. The van der Waals surface area contributed by atoms with Gasteiger partial charge >= 0.3 is 0 Å². The van der Waals surface area contributed by atoms with Gasteiger partial charge in [0.15, 0.2) is 11.8 Å². The number of rotatable bonds is 4. The number of nitrogens with zero attached hydrogens (tertiary/aromatic N) is 4. The number of aromatic nitrogens is 3. The third-order valence-electron chi connectivity index (χ3n) is 6.89. The first kappa shape index (κ1) is 17.8. The van der Waals surface area contributed by atoms with Gasteiger partial charge in [0.1, 0.15) is 12.4 Å². The van der Waals surface area contributed by atoms with Crippen molar-refractivity contribution in [1.82, 2.24) is 25.4 Å². The molecule has 1 aromatic rings. The third kappa shape index (κ3) is 4.04. The van der Waals surface area contributed by atoms with E-state index >= 15 is 0 Å². The number of guanidine groups is 1. The highest BCUT2D eigenvalue weighted by Gasteiger charge is 2.34. The summed E-state index contributed by atoms with van der Waals surface area (Å²) in [6.07, 6.45) is 13.5. The van der Waals surface area contributed by atoms with Gasteiger partial charge in [-0.2, -0.15) is 0 Å². The fourth-order valence-corrected chi connectivity index (χ4v) is 5.16. The van der Waals surface area contributed by atoms with Gasteiger partial charge in [0.25, 0.3) is 0 Å². The zero-order valence-corrected chi connectivity index (χ0v) is 16.4. The molecule has 0 spiro atoms.